The summed E-state index contributed by atoms with van der Waals surface area (Å²) in [5, 5.41) is 3.28. The Morgan fingerprint density at radius 1 is 1.44 bits per heavy atom. The van der Waals surface area contributed by atoms with E-state index in [0.717, 1.165) is 29.6 Å². The number of aromatic nitrogens is 2. The number of hydrogen-bond donors (Lipinski definition) is 1. The van der Waals surface area contributed by atoms with Crippen LogP contribution in [0.3, 0.4) is 0 Å². The molecule has 2 rings (SSSR count). The van der Waals surface area contributed by atoms with Gasteiger partial charge in [-0.1, -0.05) is 18.2 Å². The van der Waals surface area contributed by atoms with Gasteiger partial charge in [0.15, 0.2) is 0 Å². The Bertz CT molecular complexity index is 546. The third-order valence-electron chi connectivity index (χ3n) is 2.58. The molecule has 0 unspecified atom stereocenters. The van der Waals surface area contributed by atoms with Crippen LogP contribution in [0, 0.1) is 6.92 Å². The highest BCUT2D eigenvalue weighted by atomic mass is 16.5. The predicted octanol–water partition coefficient (Wildman–Crippen LogP) is 3.13. The molecule has 0 aliphatic carbocycles. The summed E-state index contributed by atoms with van der Waals surface area (Å²) in [7, 11) is 1.65. The maximum atomic E-state index is 5.30. The Labute approximate surface area is 107 Å². The molecule has 94 valence electrons. The summed E-state index contributed by atoms with van der Waals surface area (Å²) in [5.41, 5.74) is 1.87. The van der Waals surface area contributed by atoms with E-state index in [0.29, 0.717) is 0 Å². The zero-order chi connectivity index (χ0) is 13.0. The maximum absolute atomic E-state index is 5.30. The summed E-state index contributed by atoms with van der Waals surface area (Å²) >= 11 is 0. The van der Waals surface area contributed by atoms with E-state index in [2.05, 4.69) is 16.9 Å². The summed E-state index contributed by atoms with van der Waals surface area (Å²) in [5.74, 6) is 1.58. The number of nitrogens with zero attached hydrogens (tertiary/aromatic N) is 2. The van der Waals surface area contributed by atoms with E-state index in [-0.39, 0.29) is 0 Å². The quantitative estimate of drug-likeness (QED) is 0.820. The number of ether oxygens (including phenoxy) is 1. The summed E-state index contributed by atoms with van der Waals surface area (Å²) in [6.07, 6.45) is 3.83. The van der Waals surface area contributed by atoms with Crippen LogP contribution < -0.4 is 10.1 Å². The lowest BCUT2D eigenvalue weighted by molar-refractivity contribution is 0.416. The first-order chi connectivity index (χ1) is 8.74. The number of imidazole rings is 1. The molecule has 0 aliphatic heterocycles. The van der Waals surface area contributed by atoms with Crippen molar-refractivity contribution in [3.05, 3.63) is 48.8 Å². The van der Waals surface area contributed by atoms with Gasteiger partial charge in [0.25, 0.3) is 0 Å². The van der Waals surface area contributed by atoms with Crippen molar-refractivity contribution >= 4 is 11.6 Å². The van der Waals surface area contributed by atoms with Gasteiger partial charge in [-0.2, -0.15) is 0 Å². The number of aryl methyl sites for hydroxylation is 1. The van der Waals surface area contributed by atoms with Crippen LogP contribution in [0.1, 0.15) is 5.69 Å². The van der Waals surface area contributed by atoms with E-state index in [1.54, 1.807) is 7.11 Å². The Kier molecular flexibility index (Phi) is 3.67. The molecule has 1 N–H and O–H groups in total. The molecule has 0 spiro atoms. The second-order valence-electron chi connectivity index (χ2n) is 3.97. The molecule has 2 aromatic rings. The first-order valence-electron chi connectivity index (χ1n) is 5.79. The Hall–Kier alpha value is -2.23. The minimum atomic E-state index is 0.721. The van der Waals surface area contributed by atoms with E-state index < -0.39 is 0 Å². The van der Waals surface area contributed by atoms with Crippen LogP contribution in [0.25, 0.3) is 0 Å². The van der Waals surface area contributed by atoms with Gasteiger partial charge in [-0.25, -0.2) is 4.98 Å². The Balaban J connectivity index is 2.30. The van der Waals surface area contributed by atoms with Crippen molar-refractivity contribution in [2.24, 2.45) is 0 Å². The monoisotopic (exact) mass is 243 g/mol. The van der Waals surface area contributed by atoms with Crippen molar-refractivity contribution in [2.75, 3.05) is 12.4 Å². The number of rotatable bonds is 5. The fraction of sp³-hybridized carbons (Fsp3) is 0.214. The number of para-hydroxylation sites is 2. The fourth-order valence-electron chi connectivity index (χ4n) is 1.79. The molecule has 0 radical (unpaired) electrons. The average Bonchev–Trinajstić information content (AvgIpc) is 2.71. The van der Waals surface area contributed by atoms with Crippen LogP contribution in [0.15, 0.2) is 43.1 Å². The smallest absolute Gasteiger partial charge is 0.207 e. The van der Waals surface area contributed by atoms with Gasteiger partial charge in [0.2, 0.25) is 5.95 Å². The molecule has 4 heteroatoms. The molecule has 1 aromatic carbocycles. The lowest BCUT2D eigenvalue weighted by Gasteiger charge is -2.11. The highest BCUT2D eigenvalue weighted by molar-refractivity contribution is 5.62. The zero-order valence-corrected chi connectivity index (χ0v) is 10.7. The van der Waals surface area contributed by atoms with E-state index in [4.69, 9.17) is 4.74 Å². The number of methoxy groups -OCH3 is 1. The van der Waals surface area contributed by atoms with Crippen LogP contribution >= 0.6 is 0 Å². The normalized spacial score (nSPS) is 10.1. The zero-order valence-electron chi connectivity index (χ0n) is 10.7. The highest BCUT2D eigenvalue weighted by Crippen LogP contribution is 2.26. The van der Waals surface area contributed by atoms with Crippen LogP contribution in [0.2, 0.25) is 0 Å². The predicted molar refractivity (Wildman–Crippen MR) is 73.4 cm³/mol. The van der Waals surface area contributed by atoms with Gasteiger partial charge in [-0.3, -0.25) is 0 Å². The molecule has 0 saturated carbocycles. The Morgan fingerprint density at radius 2 is 2.22 bits per heavy atom. The van der Waals surface area contributed by atoms with E-state index in [1.165, 1.54) is 0 Å². The van der Waals surface area contributed by atoms with Crippen LogP contribution in [0.5, 0.6) is 5.75 Å². The van der Waals surface area contributed by atoms with Gasteiger partial charge in [0.1, 0.15) is 5.75 Å². The molecule has 0 fully saturated rings. The molecule has 1 aromatic heterocycles. The maximum Gasteiger partial charge on any atom is 0.207 e. The number of anilines is 2. The minimum Gasteiger partial charge on any atom is -0.495 e. The lowest BCUT2D eigenvalue weighted by Crippen LogP contribution is -2.02. The second kappa shape index (κ2) is 5.40. The summed E-state index contributed by atoms with van der Waals surface area (Å²) in [6, 6.07) is 7.76. The van der Waals surface area contributed by atoms with Crippen molar-refractivity contribution in [3.8, 4) is 5.75 Å². The van der Waals surface area contributed by atoms with E-state index in [1.807, 2.05) is 48.0 Å². The minimum absolute atomic E-state index is 0.721. The molecular formula is C14H17N3O. The van der Waals surface area contributed by atoms with E-state index >= 15 is 0 Å². The molecule has 0 saturated heterocycles. The molecule has 0 amide bonds. The molecule has 0 aliphatic rings. The number of nitrogens with one attached hydrogen (secondary N) is 1. The number of hydrogen-bond acceptors (Lipinski definition) is 3. The first kappa shape index (κ1) is 12.2. The van der Waals surface area contributed by atoms with Crippen LogP contribution in [-0.4, -0.2) is 16.7 Å². The fourth-order valence-corrected chi connectivity index (χ4v) is 1.79. The van der Waals surface area contributed by atoms with Gasteiger partial charge in [0, 0.05) is 12.7 Å². The topological polar surface area (TPSA) is 39.1 Å². The highest BCUT2D eigenvalue weighted by Gasteiger charge is 2.07. The van der Waals surface area contributed by atoms with Crippen LogP contribution in [-0.2, 0) is 6.54 Å². The lowest BCUT2D eigenvalue weighted by atomic mass is 10.3. The van der Waals surface area contributed by atoms with Crippen molar-refractivity contribution in [3.63, 3.8) is 0 Å². The first-order valence-corrected chi connectivity index (χ1v) is 5.79. The van der Waals surface area contributed by atoms with Gasteiger partial charge in [-0.05, 0) is 19.1 Å². The number of benzene rings is 1. The molecular weight excluding hydrogens is 226 g/mol. The van der Waals surface area contributed by atoms with E-state index in [9.17, 15) is 0 Å². The van der Waals surface area contributed by atoms with Gasteiger partial charge in [-0.15, -0.1) is 6.58 Å². The van der Waals surface area contributed by atoms with Gasteiger partial charge < -0.3 is 14.6 Å². The molecule has 1 heterocycles. The van der Waals surface area contributed by atoms with Gasteiger partial charge >= 0.3 is 0 Å². The van der Waals surface area contributed by atoms with Crippen molar-refractivity contribution < 1.29 is 4.74 Å². The van der Waals surface area contributed by atoms with Gasteiger partial charge in [0.05, 0.1) is 18.5 Å². The molecule has 0 bridgehead atoms. The Morgan fingerprint density at radius 3 is 2.94 bits per heavy atom. The van der Waals surface area contributed by atoms with Crippen molar-refractivity contribution in [1.82, 2.24) is 9.55 Å². The average molecular weight is 243 g/mol. The summed E-state index contributed by atoms with van der Waals surface area (Å²) in [4.78, 5) is 4.45. The summed E-state index contributed by atoms with van der Waals surface area (Å²) < 4.78 is 7.31. The SMILES string of the molecule is C=CCn1cc(C)nc1Nc1ccccc1OC. The molecule has 18 heavy (non-hydrogen) atoms. The van der Waals surface area contributed by atoms with Crippen LogP contribution in [0.4, 0.5) is 11.6 Å². The van der Waals surface area contributed by atoms with Crippen molar-refractivity contribution in [1.29, 1.82) is 0 Å². The van der Waals surface area contributed by atoms with Crippen molar-refractivity contribution in [2.45, 2.75) is 13.5 Å². The summed E-state index contributed by atoms with van der Waals surface area (Å²) in [6.45, 7) is 6.43. The standard InChI is InChI=1S/C14H17N3O/c1-4-9-17-10-11(2)15-14(17)16-12-7-5-6-8-13(12)18-3/h4-8,10H,1,9H2,2-3H3,(H,15,16). The number of allylic oxidation sites excluding steroid dienone is 1. The molecule has 0 atom stereocenters. The largest absolute Gasteiger partial charge is 0.495 e. The third-order valence-corrected chi connectivity index (χ3v) is 2.58. The molecule has 4 nitrogen and oxygen atoms in total. The third kappa shape index (κ3) is 2.53. The second-order valence-corrected chi connectivity index (χ2v) is 3.97.